The Morgan fingerprint density at radius 2 is 1.88 bits per heavy atom. The molecule has 164 valence electrons. The second-order valence-corrected chi connectivity index (χ2v) is 8.83. The van der Waals surface area contributed by atoms with E-state index < -0.39 is 5.41 Å². The molecule has 1 aromatic carbocycles. The highest BCUT2D eigenvalue weighted by molar-refractivity contribution is 5.95. The Labute approximate surface area is 187 Å². The zero-order valence-electron chi connectivity index (χ0n) is 18.2. The summed E-state index contributed by atoms with van der Waals surface area (Å²) < 4.78 is 1.84. The van der Waals surface area contributed by atoms with E-state index in [1.165, 1.54) is 0 Å². The number of piperidine rings is 1. The number of pyridine rings is 1. The molecule has 32 heavy (non-hydrogen) atoms. The minimum atomic E-state index is -0.635. The number of hydrogen-bond acceptors (Lipinski definition) is 4. The number of rotatable bonds is 4. The molecule has 2 atom stereocenters. The van der Waals surface area contributed by atoms with Crippen LogP contribution in [-0.4, -0.2) is 56.0 Å². The van der Waals surface area contributed by atoms with Gasteiger partial charge in [-0.1, -0.05) is 30.3 Å². The van der Waals surface area contributed by atoms with Gasteiger partial charge in [-0.3, -0.25) is 19.3 Å². The molecule has 2 saturated heterocycles. The number of nitrogens with zero attached hydrogens (tertiary/aromatic N) is 5. The predicted octanol–water partition coefficient (Wildman–Crippen LogP) is 2.86. The molecular formula is C25H27N5O2. The van der Waals surface area contributed by atoms with Crippen molar-refractivity contribution in [2.45, 2.75) is 25.3 Å². The molecule has 7 heteroatoms. The second-order valence-electron chi connectivity index (χ2n) is 8.83. The van der Waals surface area contributed by atoms with Gasteiger partial charge in [0.2, 0.25) is 5.91 Å². The molecule has 5 rings (SSSR count). The van der Waals surface area contributed by atoms with Gasteiger partial charge in [-0.2, -0.15) is 5.10 Å². The van der Waals surface area contributed by atoms with Gasteiger partial charge in [0, 0.05) is 69.0 Å². The summed E-state index contributed by atoms with van der Waals surface area (Å²) in [5.41, 5.74) is 2.09. The normalized spacial score (nSPS) is 23.2. The van der Waals surface area contributed by atoms with Crippen LogP contribution in [0.1, 0.15) is 40.4 Å². The van der Waals surface area contributed by atoms with E-state index in [9.17, 15) is 9.59 Å². The topological polar surface area (TPSA) is 71.3 Å². The third kappa shape index (κ3) is 3.47. The lowest BCUT2D eigenvalue weighted by atomic mass is 9.70. The molecule has 3 aromatic rings. The van der Waals surface area contributed by atoms with Gasteiger partial charge in [0.15, 0.2) is 0 Å². The largest absolute Gasteiger partial charge is 0.338 e. The maximum absolute atomic E-state index is 14.0. The number of amides is 2. The van der Waals surface area contributed by atoms with E-state index in [4.69, 9.17) is 0 Å². The molecule has 2 aliphatic heterocycles. The standard InChI is InChI=1S/C25H27N5O2/c1-28-22(10-14-27-28)21-17-30(23(31)20-8-12-26-13-9-20)18-25(21)11-5-15-29(24(25)32)16-19-6-3-2-4-7-19/h2-4,6-10,12-14,21H,5,11,15-18H2,1H3/t21-,25+/m0/s1. The van der Waals surface area contributed by atoms with Crippen molar-refractivity contribution >= 4 is 11.8 Å². The molecule has 2 amide bonds. The highest BCUT2D eigenvalue weighted by Crippen LogP contribution is 2.49. The fourth-order valence-corrected chi connectivity index (χ4v) is 5.38. The Bertz CT molecular complexity index is 1110. The summed E-state index contributed by atoms with van der Waals surface area (Å²) in [5.74, 6) is 0.000109. The van der Waals surface area contributed by atoms with Crippen LogP contribution in [0.3, 0.4) is 0 Å². The molecule has 0 aliphatic carbocycles. The first kappa shape index (κ1) is 20.4. The Kier molecular flexibility index (Phi) is 5.25. The number of aryl methyl sites for hydroxylation is 1. The van der Waals surface area contributed by atoms with E-state index in [-0.39, 0.29) is 17.7 Å². The second kappa shape index (κ2) is 8.22. The van der Waals surface area contributed by atoms with Gasteiger partial charge < -0.3 is 9.80 Å². The van der Waals surface area contributed by atoms with E-state index in [1.54, 1.807) is 30.7 Å². The first-order valence-corrected chi connectivity index (χ1v) is 11.1. The number of aromatic nitrogens is 3. The van der Waals surface area contributed by atoms with Crippen molar-refractivity contribution in [3.8, 4) is 0 Å². The average molecular weight is 430 g/mol. The minimum Gasteiger partial charge on any atom is -0.338 e. The fourth-order valence-electron chi connectivity index (χ4n) is 5.38. The lowest BCUT2D eigenvalue weighted by Crippen LogP contribution is -2.52. The Balaban J connectivity index is 1.49. The van der Waals surface area contributed by atoms with E-state index in [0.29, 0.717) is 25.2 Å². The quantitative estimate of drug-likeness (QED) is 0.639. The van der Waals surface area contributed by atoms with E-state index >= 15 is 0 Å². The lowest BCUT2D eigenvalue weighted by Gasteiger charge is -2.42. The molecule has 2 fully saturated rings. The number of hydrogen-bond donors (Lipinski definition) is 0. The molecule has 0 N–H and O–H groups in total. The third-order valence-corrected chi connectivity index (χ3v) is 6.95. The van der Waals surface area contributed by atoms with Crippen LogP contribution in [0.25, 0.3) is 0 Å². The summed E-state index contributed by atoms with van der Waals surface area (Å²) in [6.07, 6.45) is 6.72. The highest BCUT2D eigenvalue weighted by atomic mass is 16.2. The van der Waals surface area contributed by atoms with Crippen molar-refractivity contribution in [2.24, 2.45) is 12.5 Å². The van der Waals surface area contributed by atoms with E-state index in [0.717, 1.165) is 30.6 Å². The van der Waals surface area contributed by atoms with Crippen molar-refractivity contribution in [1.82, 2.24) is 24.6 Å². The minimum absolute atomic E-state index is 0.0515. The summed E-state index contributed by atoms with van der Waals surface area (Å²) in [4.78, 5) is 35.2. The number of benzene rings is 1. The third-order valence-electron chi connectivity index (χ3n) is 6.95. The summed E-state index contributed by atoms with van der Waals surface area (Å²) in [6.45, 7) is 2.27. The van der Waals surface area contributed by atoms with Crippen LogP contribution in [0.5, 0.6) is 0 Å². The number of carbonyl (C=O) groups is 2. The Morgan fingerprint density at radius 3 is 2.59 bits per heavy atom. The summed E-state index contributed by atoms with van der Waals surface area (Å²) >= 11 is 0. The molecule has 0 radical (unpaired) electrons. The van der Waals surface area contributed by atoms with Crippen LogP contribution >= 0.6 is 0 Å². The number of carbonyl (C=O) groups excluding carboxylic acids is 2. The smallest absolute Gasteiger partial charge is 0.254 e. The zero-order chi connectivity index (χ0) is 22.1. The van der Waals surface area contributed by atoms with E-state index in [2.05, 4.69) is 22.2 Å². The van der Waals surface area contributed by atoms with Gasteiger partial charge in [-0.05, 0) is 36.6 Å². The van der Waals surface area contributed by atoms with Crippen molar-refractivity contribution in [3.05, 3.63) is 83.9 Å². The highest BCUT2D eigenvalue weighted by Gasteiger charge is 2.56. The molecule has 1 spiro atoms. The van der Waals surface area contributed by atoms with Crippen molar-refractivity contribution < 1.29 is 9.59 Å². The maximum atomic E-state index is 14.0. The molecule has 4 heterocycles. The molecule has 2 aromatic heterocycles. The number of likely N-dealkylation sites (tertiary alicyclic amines) is 2. The molecule has 0 saturated carbocycles. The van der Waals surface area contributed by atoms with Crippen LogP contribution in [0, 0.1) is 5.41 Å². The molecular weight excluding hydrogens is 402 g/mol. The predicted molar refractivity (Wildman–Crippen MR) is 120 cm³/mol. The van der Waals surface area contributed by atoms with Gasteiger partial charge in [-0.25, -0.2) is 0 Å². The average Bonchev–Trinajstić information content (AvgIpc) is 3.41. The monoisotopic (exact) mass is 429 g/mol. The van der Waals surface area contributed by atoms with Crippen LogP contribution < -0.4 is 0 Å². The summed E-state index contributed by atoms with van der Waals surface area (Å²) in [7, 11) is 1.91. The zero-order valence-corrected chi connectivity index (χ0v) is 18.2. The molecule has 7 nitrogen and oxygen atoms in total. The van der Waals surface area contributed by atoms with Gasteiger partial charge in [-0.15, -0.1) is 0 Å². The molecule has 0 bridgehead atoms. The fraction of sp³-hybridized carbons (Fsp3) is 0.360. The van der Waals surface area contributed by atoms with Gasteiger partial charge in [0.05, 0.1) is 5.41 Å². The summed E-state index contributed by atoms with van der Waals surface area (Å²) in [6, 6.07) is 15.6. The van der Waals surface area contributed by atoms with Crippen LogP contribution in [-0.2, 0) is 18.4 Å². The Morgan fingerprint density at radius 1 is 1.09 bits per heavy atom. The first-order valence-electron chi connectivity index (χ1n) is 11.1. The van der Waals surface area contributed by atoms with Crippen LogP contribution in [0.15, 0.2) is 67.1 Å². The van der Waals surface area contributed by atoms with Gasteiger partial charge in [0.1, 0.15) is 0 Å². The van der Waals surface area contributed by atoms with Crippen LogP contribution in [0.4, 0.5) is 0 Å². The SMILES string of the molecule is Cn1nccc1[C@@H]1CN(C(=O)c2ccncc2)C[C@]12CCCN(Cc1ccccc1)C2=O. The van der Waals surface area contributed by atoms with Crippen molar-refractivity contribution in [2.75, 3.05) is 19.6 Å². The molecule has 0 unspecified atom stereocenters. The van der Waals surface area contributed by atoms with Crippen LogP contribution in [0.2, 0.25) is 0 Å². The summed E-state index contributed by atoms with van der Waals surface area (Å²) in [5, 5.41) is 4.36. The first-order chi connectivity index (χ1) is 15.6. The van der Waals surface area contributed by atoms with Gasteiger partial charge >= 0.3 is 0 Å². The Hall–Kier alpha value is -3.48. The maximum Gasteiger partial charge on any atom is 0.254 e. The lowest BCUT2D eigenvalue weighted by molar-refractivity contribution is -0.147. The molecule has 2 aliphatic rings. The van der Waals surface area contributed by atoms with Crippen molar-refractivity contribution in [1.29, 1.82) is 0 Å². The van der Waals surface area contributed by atoms with Crippen molar-refractivity contribution in [3.63, 3.8) is 0 Å². The van der Waals surface area contributed by atoms with E-state index in [1.807, 2.05) is 45.8 Å². The van der Waals surface area contributed by atoms with Gasteiger partial charge in [0.25, 0.3) is 5.91 Å².